The summed E-state index contributed by atoms with van der Waals surface area (Å²) in [6.45, 7) is 6.56. The molecule has 0 unspecified atom stereocenters. The molecule has 0 saturated heterocycles. The van der Waals surface area contributed by atoms with Crippen LogP contribution in [0.15, 0.2) is 41.5 Å². The summed E-state index contributed by atoms with van der Waals surface area (Å²) < 4.78 is 10.7. The van der Waals surface area contributed by atoms with E-state index in [1.807, 2.05) is 12.3 Å². The molecule has 0 spiro atoms. The molecule has 1 aromatic heterocycles. The van der Waals surface area contributed by atoms with Gasteiger partial charge in [-0.05, 0) is 38.5 Å². The highest BCUT2D eigenvalue weighted by Crippen LogP contribution is 2.40. The van der Waals surface area contributed by atoms with Crippen molar-refractivity contribution in [2.75, 3.05) is 26.2 Å². The second-order valence-electron chi connectivity index (χ2n) is 6.97. The van der Waals surface area contributed by atoms with E-state index in [0.717, 1.165) is 22.7 Å². The first kappa shape index (κ1) is 18.0. The van der Waals surface area contributed by atoms with Gasteiger partial charge in [-0.25, -0.2) is 4.98 Å². The largest absolute Gasteiger partial charge is 0.496 e. The lowest BCUT2D eigenvalue weighted by molar-refractivity contribution is 0.398. The normalized spacial score (nSPS) is 15.6. The summed E-state index contributed by atoms with van der Waals surface area (Å²) in [7, 11) is 5.39. The minimum Gasteiger partial charge on any atom is -0.496 e. The first-order valence-corrected chi connectivity index (χ1v) is 8.55. The monoisotopic (exact) mass is 351 g/mol. The van der Waals surface area contributed by atoms with Crippen molar-refractivity contribution in [1.29, 1.82) is 0 Å². The summed E-state index contributed by atoms with van der Waals surface area (Å²) in [5, 5.41) is 0. The molecule has 2 aromatic rings. The topological polar surface area (TPSA) is 47.0 Å². The smallest absolute Gasteiger partial charge is 0.213 e. The lowest BCUT2D eigenvalue weighted by Crippen LogP contribution is -2.42. The lowest BCUT2D eigenvalue weighted by Gasteiger charge is -2.40. The number of benzene rings is 1. The van der Waals surface area contributed by atoms with Crippen LogP contribution in [0.5, 0.6) is 11.6 Å². The molecule has 0 atom stereocenters. The maximum Gasteiger partial charge on any atom is 0.213 e. The van der Waals surface area contributed by atoms with Crippen molar-refractivity contribution < 1.29 is 9.47 Å². The Kier molecular flexibility index (Phi) is 4.72. The molecule has 0 fully saturated rings. The molecule has 5 heteroatoms. The Morgan fingerprint density at radius 2 is 1.92 bits per heavy atom. The van der Waals surface area contributed by atoms with Gasteiger partial charge in [0.2, 0.25) is 5.88 Å². The number of methoxy groups -OCH3 is 2. The predicted octanol–water partition coefficient (Wildman–Crippen LogP) is 4.48. The maximum atomic E-state index is 5.62. The molecule has 5 nitrogen and oxygen atoms in total. The number of allylic oxidation sites excluding steroid dienone is 1. The SMILES string of the molecule is COc1ccc(N=Cc2cc3c(cc2OC)N(C)C(C)(C)C=C3C)cn1. The van der Waals surface area contributed by atoms with E-state index in [-0.39, 0.29) is 5.54 Å². The van der Waals surface area contributed by atoms with Crippen molar-refractivity contribution in [1.82, 2.24) is 4.98 Å². The van der Waals surface area contributed by atoms with Gasteiger partial charge in [0.1, 0.15) is 5.75 Å². The van der Waals surface area contributed by atoms with Crippen molar-refractivity contribution in [3.8, 4) is 11.6 Å². The lowest BCUT2D eigenvalue weighted by atomic mass is 9.88. The summed E-state index contributed by atoms with van der Waals surface area (Å²) in [4.78, 5) is 11.0. The summed E-state index contributed by atoms with van der Waals surface area (Å²) in [5.74, 6) is 1.37. The van der Waals surface area contributed by atoms with Gasteiger partial charge >= 0.3 is 0 Å². The zero-order valence-electron chi connectivity index (χ0n) is 16.2. The van der Waals surface area contributed by atoms with Crippen molar-refractivity contribution >= 4 is 23.2 Å². The number of fused-ring (bicyclic) bond motifs is 1. The van der Waals surface area contributed by atoms with Crippen LogP contribution in [0.3, 0.4) is 0 Å². The van der Waals surface area contributed by atoms with Gasteiger partial charge < -0.3 is 14.4 Å². The van der Waals surface area contributed by atoms with E-state index in [4.69, 9.17) is 9.47 Å². The van der Waals surface area contributed by atoms with Gasteiger partial charge in [-0.15, -0.1) is 0 Å². The summed E-state index contributed by atoms with van der Waals surface area (Å²) >= 11 is 0. The average molecular weight is 351 g/mol. The van der Waals surface area contributed by atoms with E-state index in [0.29, 0.717) is 5.88 Å². The molecule has 26 heavy (non-hydrogen) atoms. The van der Waals surface area contributed by atoms with Crippen LogP contribution < -0.4 is 14.4 Å². The predicted molar refractivity (Wildman–Crippen MR) is 107 cm³/mol. The number of hydrogen-bond acceptors (Lipinski definition) is 5. The fraction of sp³-hybridized carbons (Fsp3) is 0.333. The Morgan fingerprint density at radius 3 is 2.54 bits per heavy atom. The van der Waals surface area contributed by atoms with Crippen LogP contribution in [0.1, 0.15) is 31.9 Å². The fourth-order valence-corrected chi connectivity index (χ4v) is 3.19. The number of nitrogens with zero attached hydrogens (tertiary/aromatic N) is 3. The second kappa shape index (κ2) is 6.83. The Hall–Kier alpha value is -2.82. The Labute approximate surface area is 155 Å². The fourth-order valence-electron chi connectivity index (χ4n) is 3.19. The van der Waals surface area contributed by atoms with E-state index in [1.165, 1.54) is 11.1 Å². The number of aromatic nitrogens is 1. The van der Waals surface area contributed by atoms with E-state index in [1.54, 1.807) is 26.5 Å². The van der Waals surface area contributed by atoms with Crippen molar-refractivity contribution in [2.24, 2.45) is 4.99 Å². The molecule has 0 saturated carbocycles. The first-order chi connectivity index (χ1) is 12.4. The van der Waals surface area contributed by atoms with Gasteiger partial charge in [0.05, 0.1) is 31.6 Å². The van der Waals surface area contributed by atoms with E-state index >= 15 is 0 Å². The van der Waals surface area contributed by atoms with Crippen LogP contribution in [0.4, 0.5) is 11.4 Å². The Balaban J connectivity index is 2.00. The van der Waals surface area contributed by atoms with Crippen LogP contribution >= 0.6 is 0 Å². The molecule has 136 valence electrons. The van der Waals surface area contributed by atoms with Gasteiger partial charge in [-0.2, -0.15) is 0 Å². The molecule has 0 amide bonds. The number of ether oxygens (including phenoxy) is 2. The van der Waals surface area contributed by atoms with Gasteiger partial charge in [-0.3, -0.25) is 4.99 Å². The molecular weight excluding hydrogens is 326 g/mol. The molecule has 0 bridgehead atoms. The molecule has 1 aliphatic rings. The van der Waals surface area contributed by atoms with E-state index in [2.05, 4.69) is 60.9 Å². The Bertz CT molecular complexity index is 868. The standard InChI is InChI=1S/C21H25N3O2/c1-14-11-21(2,3)24(4)18-10-19(25-5)15(9-17(14)18)12-22-16-7-8-20(26-6)23-13-16/h7-13H,1-6H3. The van der Waals surface area contributed by atoms with Gasteiger partial charge in [0.25, 0.3) is 0 Å². The highest BCUT2D eigenvalue weighted by Gasteiger charge is 2.29. The number of aliphatic imine (C=N–C) groups is 1. The van der Waals surface area contributed by atoms with E-state index < -0.39 is 0 Å². The molecular formula is C21H25N3O2. The van der Waals surface area contributed by atoms with Crippen LogP contribution in [0.2, 0.25) is 0 Å². The maximum absolute atomic E-state index is 5.62. The van der Waals surface area contributed by atoms with Crippen LogP contribution in [-0.4, -0.2) is 38.0 Å². The number of anilines is 1. The highest BCUT2D eigenvalue weighted by molar-refractivity contribution is 5.91. The molecule has 1 aliphatic heterocycles. The third-order valence-corrected chi connectivity index (χ3v) is 4.85. The minimum atomic E-state index is -0.0353. The quantitative estimate of drug-likeness (QED) is 0.762. The van der Waals surface area contributed by atoms with Gasteiger partial charge in [-0.1, -0.05) is 6.08 Å². The first-order valence-electron chi connectivity index (χ1n) is 8.55. The third-order valence-electron chi connectivity index (χ3n) is 4.85. The van der Waals surface area contributed by atoms with Gasteiger partial charge in [0.15, 0.2) is 0 Å². The molecule has 0 N–H and O–H groups in total. The third kappa shape index (κ3) is 3.29. The molecule has 1 aromatic carbocycles. The van der Waals surface area contributed by atoms with Crippen molar-refractivity contribution in [3.05, 3.63) is 47.7 Å². The van der Waals surface area contributed by atoms with Gasteiger partial charge in [0, 0.05) is 42.2 Å². The number of hydrogen-bond donors (Lipinski definition) is 0. The highest BCUT2D eigenvalue weighted by atomic mass is 16.5. The zero-order valence-corrected chi connectivity index (χ0v) is 16.2. The van der Waals surface area contributed by atoms with Crippen LogP contribution in [0, 0.1) is 0 Å². The van der Waals surface area contributed by atoms with Crippen molar-refractivity contribution in [2.45, 2.75) is 26.3 Å². The zero-order chi connectivity index (χ0) is 18.9. The van der Waals surface area contributed by atoms with E-state index in [9.17, 15) is 0 Å². The Morgan fingerprint density at radius 1 is 1.15 bits per heavy atom. The average Bonchev–Trinajstić information content (AvgIpc) is 2.64. The summed E-state index contributed by atoms with van der Waals surface area (Å²) in [5.41, 5.74) is 5.27. The number of pyridine rings is 1. The molecule has 0 radical (unpaired) electrons. The van der Waals surface area contributed by atoms with Crippen molar-refractivity contribution in [3.63, 3.8) is 0 Å². The summed E-state index contributed by atoms with van der Waals surface area (Å²) in [6, 6.07) is 7.88. The van der Waals surface area contributed by atoms with Crippen LogP contribution in [-0.2, 0) is 0 Å². The minimum absolute atomic E-state index is 0.0353. The number of likely N-dealkylation sites (N-methyl/N-ethyl adjacent to an activating group) is 1. The number of rotatable bonds is 4. The summed E-state index contributed by atoms with van der Waals surface area (Å²) in [6.07, 6.45) is 5.79. The molecule has 3 rings (SSSR count). The molecule has 0 aliphatic carbocycles. The second-order valence-corrected chi connectivity index (χ2v) is 6.97. The van der Waals surface area contributed by atoms with Crippen LogP contribution in [0.25, 0.3) is 5.57 Å². The molecule has 2 heterocycles.